The highest BCUT2D eigenvalue weighted by atomic mass is 35.5. The first-order valence-corrected chi connectivity index (χ1v) is 6.70. The molecule has 3 atom stereocenters. The van der Waals surface area contributed by atoms with Crippen LogP contribution in [0.3, 0.4) is 0 Å². The van der Waals surface area contributed by atoms with E-state index >= 15 is 0 Å². The van der Waals surface area contributed by atoms with Crippen LogP contribution in [0.2, 0.25) is 0 Å². The highest BCUT2D eigenvalue weighted by Gasteiger charge is 2.53. The summed E-state index contributed by atoms with van der Waals surface area (Å²) in [5, 5.41) is 12.5. The number of rotatable bonds is 1. The smallest absolute Gasteiger partial charge is 0.178 e. The SMILES string of the molecule is CN[C@H]1CC[C@@H]2C(C)(C)C(=O)C(C#N)=C[C@]2(C)C1.Cl. The van der Waals surface area contributed by atoms with E-state index in [2.05, 4.69) is 18.3 Å². The van der Waals surface area contributed by atoms with Gasteiger partial charge in [0.15, 0.2) is 5.78 Å². The maximum Gasteiger partial charge on any atom is 0.178 e. The molecular formula is C15H23ClN2O. The fourth-order valence-electron chi connectivity index (χ4n) is 4.05. The Labute approximate surface area is 121 Å². The molecule has 0 aromatic heterocycles. The number of halogens is 1. The van der Waals surface area contributed by atoms with Crippen molar-refractivity contribution in [1.82, 2.24) is 5.32 Å². The van der Waals surface area contributed by atoms with Crippen LogP contribution in [0, 0.1) is 28.1 Å². The zero-order valence-corrected chi connectivity index (χ0v) is 12.9. The quantitative estimate of drug-likeness (QED) is 0.805. The average molecular weight is 283 g/mol. The van der Waals surface area contributed by atoms with Gasteiger partial charge in [0.2, 0.25) is 0 Å². The number of carbonyl (C=O) groups is 1. The molecule has 0 bridgehead atoms. The number of Topliss-reactive ketones (excluding diaryl/α,β-unsaturated/α-hetero) is 1. The van der Waals surface area contributed by atoms with Crippen LogP contribution in [0.5, 0.6) is 0 Å². The molecule has 0 spiro atoms. The summed E-state index contributed by atoms with van der Waals surface area (Å²) in [4.78, 5) is 12.3. The average Bonchev–Trinajstić information content (AvgIpc) is 2.33. The summed E-state index contributed by atoms with van der Waals surface area (Å²) in [6.45, 7) is 6.21. The Balaban J connectivity index is 0.00000180. The molecule has 19 heavy (non-hydrogen) atoms. The molecule has 106 valence electrons. The first-order chi connectivity index (χ1) is 8.35. The Kier molecular flexibility index (Phi) is 4.49. The lowest BCUT2D eigenvalue weighted by Crippen LogP contribution is -2.52. The highest BCUT2D eigenvalue weighted by Crippen LogP contribution is 2.54. The van der Waals surface area contributed by atoms with Gasteiger partial charge in [0, 0.05) is 11.5 Å². The molecule has 0 radical (unpaired) electrons. The summed E-state index contributed by atoms with van der Waals surface area (Å²) in [5.74, 6) is 0.370. The van der Waals surface area contributed by atoms with Crippen molar-refractivity contribution in [1.29, 1.82) is 5.26 Å². The minimum absolute atomic E-state index is 0. The molecule has 3 nitrogen and oxygen atoms in total. The van der Waals surface area contributed by atoms with Gasteiger partial charge >= 0.3 is 0 Å². The lowest BCUT2D eigenvalue weighted by atomic mass is 9.52. The van der Waals surface area contributed by atoms with Crippen molar-refractivity contribution in [3.63, 3.8) is 0 Å². The molecule has 0 aromatic carbocycles. The second-order valence-corrected chi connectivity index (χ2v) is 6.55. The molecule has 2 rings (SSSR count). The Morgan fingerprint density at radius 2 is 2.00 bits per heavy atom. The lowest BCUT2D eigenvalue weighted by molar-refractivity contribution is -0.131. The normalized spacial score (nSPS) is 36.6. The van der Waals surface area contributed by atoms with E-state index in [1.807, 2.05) is 27.0 Å². The first-order valence-electron chi connectivity index (χ1n) is 6.70. The minimum atomic E-state index is -0.409. The summed E-state index contributed by atoms with van der Waals surface area (Å²) < 4.78 is 0. The Morgan fingerprint density at radius 1 is 1.37 bits per heavy atom. The van der Waals surface area contributed by atoms with Gasteiger partial charge in [-0.1, -0.05) is 26.8 Å². The van der Waals surface area contributed by atoms with Crippen molar-refractivity contribution in [2.45, 2.75) is 46.1 Å². The van der Waals surface area contributed by atoms with E-state index in [9.17, 15) is 4.79 Å². The van der Waals surface area contributed by atoms with Crippen LogP contribution < -0.4 is 5.32 Å². The van der Waals surface area contributed by atoms with Gasteiger partial charge in [-0.05, 0) is 37.6 Å². The molecule has 1 fully saturated rings. The van der Waals surface area contributed by atoms with Crippen LogP contribution in [0.25, 0.3) is 0 Å². The number of fused-ring (bicyclic) bond motifs is 1. The Bertz CT molecular complexity index is 450. The van der Waals surface area contributed by atoms with Crippen LogP contribution in [0.4, 0.5) is 0 Å². The van der Waals surface area contributed by atoms with Gasteiger partial charge in [0.1, 0.15) is 6.07 Å². The number of nitrogens with one attached hydrogen (secondary N) is 1. The predicted octanol–water partition coefficient (Wildman–Crippen LogP) is 2.86. The third kappa shape index (κ3) is 2.44. The van der Waals surface area contributed by atoms with E-state index in [1.165, 1.54) is 0 Å². The van der Waals surface area contributed by atoms with Crippen molar-refractivity contribution in [2.75, 3.05) is 7.05 Å². The second-order valence-electron chi connectivity index (χ2n) is 6.55. The molecular weight excluding hydrogens is 260 g/mol. The van der Waals surface area contributed by atoms with Crippen molar-refractivity contribution in [3.05, 3.63) is 11.6 Å². The van der Waals surface area contributed by atoms with Crippen molar-refractivity contribution in [3.8, 4) is 6.07 Å². The molecule has 1 N–H and O–H groups in total. The first kappa shape index (κ1) is 16.2. The maximum absolute atomic E-state index is 12.3. The molecule has 0 heterocycles. The summed E-state index contributed by atoms with van der Waals surface area (Å²) in [7, 11) is 1.99. The van der Waals surface area contributed by atoms with Gasteiger partial charge in [-0.3, -0.25) is 4.79 Å². The Morgan fingerprint density at radius 3 is 2.53 bits per heavy atom. The molecule has 1 saturated carbocycles. The van der Waals surface area contributed by atoms with E-state index in [0.717, 1.165) is 19.3 Å². The van der Waals surface area contributed by atoms with E-state index < -0.39 is 5.41 Å². The van der Waals surface area contributed by atoms with E-state index in [0.29, 0.717) is 17.5 Å². The highest BCUT2D eigenvalue weighted by molar-refractivity contribution is 6.04. The van der Waals surface area contributed by atoms with Crippen molar-refractivity contribution >= 4 is 18.2 Å². The topological polar surface area (TPSA) is 52.9 Å². The van der Waals surface area contributed by atoms with Gasteiger partial charge in [0.25, 0.3) is 0 Å². The molecule has 2 aliphatic carbocycles. The standard InChI is InChI=1S/C15H22N2O.ClH/c1-14(2)12-6-5-11(17-4)8-15(12,3)7-10(9-16)13(14)18;/h7,11-12,17H,5-6,8H2,1-4H3;1H/t11-,12+,15+;/m0./s1. The Hall–Kier alpha value is -0.850. The number of nitriles is 1. The molecule has 0 aromatic rings. The molecule has 4 heteroatoms. The predicted molar refractivity (Wildman–Crippen MR) is 78.0 cm³/mol. The van der Waals surface area contributed by atoms with Crippen LogP contribution in [0.1, 0.15) is 40.0 Å². The minimum Gasteiger partial charge on any atom is -0.317 e. The number of ketones is 1. The molecule has 0 unspecified atom stereocenters. The molecule has 0 aliphatic heterocycles. The van der Waals surface area contributed by atoms with Gasteiger partial charge < -0.3 is 5.32 Å². The number of carbonyl (C=O) groups excluding carboxylic acids is 1. The number of hydrogen-bond acceptors (Lipinski definition) is 3. The summed E-state index contributed by atoms with van der Waals surface area (Å²) in [6, 6.07) is 2.58. The zero-order valence-electron chi connectivity index (χ0n) is 12.1. The zero-order chi connectivity index (χ0) is 13.6. The van der Waals surface area contributed by atoms with Crippen molar-refractivity contribution in [2.24, 2.45) is 16.7 Å². The number of allylic oxidation sites excluding steroid dienone is 2. The van der Waals surface area contributed by atoms with E-state index in [4.69, 9.17) is 5.26 Å². The van der Waals surface area contributed by atoms with Gasteiger partial charge in [-0.2, -0.15) is 5.26 Å². The number of hydrogen-bond donors (Lipinski definition) is 1. The fraction of sp³-hybridized carbons (Fsp3) is 0.733. The summed E-state index contributed by atoms with van der Waals surface area (Å²) in [6.07, 6.45) is 5.12. The molecule has 0 saturated heterocycles. The molecule has 0 amide bonds. The van der Waals surface area contributed by atoms with E-state index in [-0.39, 0.29) is 23.6 Å². The fourth-order valence-corrected chi connectivity index (χ4v) is 4.05. The van der Waals surface area contributed by atoms with Crippen LogP contribution >= 0.6 is 12.4 Å². The lowest BCUT2D eigenvalue weighted by Gasteiger charge is -2.52. The summed E-state index contributed by atoms with van der Waals surface area (Å²) in [5.41, 5.74) is -0.0858. The van der Waals surface area contributed by atoms with E-state index in [1.54, 1.807) is 0 Å². The van der Waals surface area contributed by atoms with Crippen LogP contribution in [-0.2, 0) is 4.79 Å². The monoisotopic (exact) mass is 282 g/mol. The van der Waals surface area contributed by atoms with Gasteiger partial charge in [0.05, 0.1) is 5.57 Å². The summed E-state index contributed by atoms with van der Waals surface area (Å²) >= 11 is 0. The van der Waals surface area contributed by atoms with Crippen LogP contribution in [-0.4, -0.2) is 18.9 Å². The van der Waals surface area contributed by atoms with Crippen molar-refractivity contribution < 1.29 is 4.79 Å². The molecule has 2 aliphatic rings. The third-order valence-corrected chi connectivity index (χ3v) is 4.99. The second kappa shape index (κ2) is 5.26. The number of nitrogens with zero attached hydrogens (tertiary/aromatic N) is 1. The third-order valence-electron chi connectivity index (χ3n) is 4.99. The van der Waals surface area contributed by atoms with Crippen LogP contribution in [0.15, 0.2) is 11.6 Å². The maximum atomic E-state index is 12.3. The van der Waals surface area contributed by atoms with Gasteiger partial charge in [-0.25, -0.2) is 0 Å². The largest absolute Gasteiger partial charge is 0.317 e. The van der Waals surface area contributed by atoms with Gasteiger partial charge in [-0.15, -0.1) is 12.4 Å².